The van der Waals surface area contributed by atoms with E-state index in [1.807, 2.05) is 18.2 Å². The van der Waals surface area contributed by atoms with Crippen LogP contribution in [0.3, 0.4) is 0 Å². The molecule has 1 aliphatic heterocycles. The average molecular weight is 513 g/mol. The lowest BCUT2D eigenvalue weighted by Gasteiger charge is -2.28. The Kier molecular flexibility index (Phi) is 7.22. The molecule has 38 heavy (non-hydrogen) atoms. The number of carbonyl (C=O) groups excluding carboxylic acids is 4. The molecule has 3 amide bonds. The normalized spacial score (nSPS) is 20.6. The van der Waals surface area contributed by atoms with Crippen LogP contribution >= 0.6 is 0 Å². The first kappa shape index (κ1) is 25.2. The molecule has 3 aromatic rings. The Hall–Kier alpha value is -4.46. The number of imide groups is 1. The van der Waals surface area contributed by atoms with Gasteiger partial charge in [0.05, 0.1) is 30.2 Å². The molecule has 1 saturated carbocycles. The van der Waals surface area contributed by atoms with E-state index in [0.29, 0.717) is 30.0 Å². The van der Waals surface area contributed by atoms with Gasteiger partial charge in [-0.1, -0.05) is 30.3 Å². The Bertz CT molecular complexity index is 1340. The first-order valence-corrected chi connectivity index (χ1v) is 12.6. The van der Waals surface area contributed by atoms with Crippen molar-refractivity contribution in [2.24, 2.45) is 11.8 Å². The number of amides is 3. The van der Waals surface area contributed by atoms with Crippen molar-refractivity contribution < 1.29 is 28.7 Å². The second-order valence-electron chi connectivity index (χ2n) is 9.55. The third-order valence-electron chi connectivity index (χ3n) is 7.27. The van der Waals surface area contributed by atoms with Gasteiger partial charge in [-0.25, -0.2) is 4.79 Å². The lowest BCUT2D eigenvalue weighted by Crippen LogP contribution is -2.30. The number of ether oxygens (including phenoxy) is 2. The molecule has 194 valence electrons. The van der Waals surface area contributed by atoms with Gasteiger partial charge in [0.1, 0.15) is 5.75 Å². The molecule has 2 aliphatic rings. The zero-order valence-electron chi connectivity index (χ0n) is 21.0. The minimum absolute atomic E-state index is 0.183. The van der Waals surface area contributed by atoms with Gasteiger partial charge in [-0.15, -0.1) is 0 Å². The van der Waals surface area contributed by atoms with E-state index >= 15 is 0 Å². The Morgan fingerprint density at radius 1 is 0.868 bits per heavy atom. The first-order valence-electron chi connectivity index (χ1n) is 12.6. The van der Waals surface area contributed by atoms with Gasteiger partial charge in [0.25, 0.3) is 5.91 Å². The molecule has 0 bridgehead atoms. The molecule has 1 N–H and O–H groups in total. The molecule has 2 fully saturated rings. The molecule has 8 heteroatoms. The summed E-state index contributed by atoms with van der Waals surface area (Å²) >= 11 is 0. The van der Waals surface area contributed by atoms with Crippen LogP contribution in [0.2, 0.25) is 0 Å². The van der Waals surface area contributed by atoms with E-state index < -0.39 is 18.5 Å². The van der Waals surface area contributed by atoms with Gasteiger partial charge in [0, 0.05) is 5.69 Å². The standard InChI is InChI=1S/C30H28N2O6/c1-37-24-14-10-22(11-15-24)31-27(33)18-38-30(36)20-7-12-23(13-8-20)32-28(34)25-16-9-21(17-26(25)29(32)35)19-5-3-2-4-6-19/h2-8,10-15,21,25-26H,9,16-18H2,1H3,(H,31,33)/t21-,25-,26+/m1/s1. The number of methoxy groups -OCH3 is 1. The number of hydrogen-bond acceptors (Lipinski definition) is 6. The summed E-state index contributed by atoms with van der Waals surface area (Å²) in [6, 6.07) is 23.0. The van der Waals surface area contributed by atoms with E-state index in [-0.39, 0.29) is 35.1 Å². The van der Waals surface area contributed by atoms with Crippen molar-refractivity contribution in [1.82, 2.24) is 0 Å². The van der Waals surface area contributed by atoms with Crippen LogP contribution in [0.4, 0.5) is 11.4 Å². The quantitative estimate of drug-likeness (QED) is 0.368. The van der Waals surface area contributed by atoms with Crippen LogP contribution in [0, 0.1) is 11.8 Å². The molecule has 3 atom stereocenters. The zero-order valence-corrected chi connectivity index (χ0v) is 21.0. The fourth-order valence-electron chi connectivity index (χ4n) is 5.29. The fraction of sp³-hybridized carbons (Fsp3) is 0.267. The molecule has 3 aromatic carbocycles. The van der Waals surface area contributed by atoms with Gasteiger partial charge in [0.2, 0.25) is 11.8 Å². The number of fused-ring (bicyclic) bond motifs is 1. The molecule has 0 unspecified atom stereocenters. The van der Waals surface area contributed by atoms with Gasteiger partial charge in [0.15, 0.2) is 6.61 Å². The summed E-state index contributed by atoms with van der Waals surface area (Å²) < 4.78 is 10.2. The molecule has 8 nitrogen and oxygen atoms in total. The van der Waals surface area contributed by atoms with E-state index in [4.69, 9.17) is 9.47 Å². The maximum atomic E-state index is 13.3. The molecular weight excluding hydrogens is 484 g/mol. The van der Waals surface area contributed by atoms with Crippen LogP contribution in [-0.4, -0.2) is 37.4 Å². The summed E-state index contributed by atoms with van der Waals surface area (Å²) in [4.78, 5) is 52.3. The lowest BCUT2D eigenvalue weighted by atomic mass is 9.73. The molecular formula is C30H28N2O6. The van der Waals surface area contributed by atoms with Crippen molar-refractivity contribution >= 4 is 35.1 Å². The average Bonchev–Trinajstić information content (AvgIpc) is 3.21. The Balaban J connectivity index is 1.18. The van der Waals surface area contributed by atoms with Gasteiger partial charge in [-0.05, 0) is 79.3 Å². The number of carbonyl (C=O) groups is 4. The van der Waals surface area contributed by atoms with Crippen LogP contribution in [0.15, 0.2) is 78.9 Å². The summed E-state index contributed by atoms with van der Waals surface area (Å²) in [5.74, 6) is -1.27. The van der Waals surface area contributed by atoms with Crippen LogP contribution < -0.4 is 15.0 Å². The highest BCUT2D eigenvalue weighted by molar-refractivity contribution is 6.22. The van der Waals surface area contributed by atoms with Crippen molar-refractivity contribution in [2.75, 3.05) is 23.9 Å². The van der Waals surface area contributed by atoms with Gasteiger partial charge >= 0.3 is 5.97 Å². The molecule has 0 aromatic heterocycles. The van der Waals surface area contributed by atoms with Gasteiger partial charge in [-0.2, -0.15) is 0 Å². The highest BCUT2D eigenvalue weighted by Gasteiger charge is 2.50. The minimum atomic E-state index is -0.681. The van der Waals surface area contributed by atoms with E-state index in [1.54, 1.807) is 43.5 Å². The van der Waals surface area contributed by atoms with Crippen molar-refractivity contribution in [1.29, 1.82) is 0 Å². The number of hydrogen-bond donors (Lipinski definition) is 1. The highest BCUT2D eigenvalue weighted by Crippen LogP contribution is 2.45. The number of anilines is 2. The number of nitrogens with one attached hydrogen (secondary N) is 1. The van der Waals surface area contributed by atoms with E-state index in [9.17, 15) is 19.2 Å². The summed E-state index contributed by atoms with van der Waals surface area (Å²) in [7, 11) is 1.55. The first-order chi connectivity index (χ1) is 18.4. The van der Waals surface area contributed by atoms with Crippen molar-refractivity contribution in [3.05, 3.63) is 90.0 Å². The number of benzene rings is 3. The second kappa shape index (κ2) is 10.9. The molecule has 5 rings (SSSR count). The molecule has 0 spiro atoms. The number of nitrogens with zero attached hydrogens (tertiary/aromatic N) is 1. The fourth-order valence-corrected chi connectivity index (χ4v) is 5.29. The third-order valence-corrected chi connectivity index (χ3v) is 7.27. The highest BCUT2D eigenvalue weighted by atomic mass is 16.5. The monoisotopic (exact) mass is 512 g/mol. The summed E-state index contributed by atoms with van der Waals surface area (Å²) in [5.41, 5.74) is 2.39. The minimum Gasteiger partial charge on any atom is -0.497 e. The predicted octanol–water partition coefficient (Wildman–Crippen LogP) is 4.56. The van der Waals surface area contributed by atoms with E-state index in [2.05, 4.69) is 17.4 Å². The zero-order chi connectivity index (χ0) is 26.6. The second-order valence-corrected chi connectivity index (χ2v) is 9.55. The third kappa shape index (κ3) is 5.16. The maximum Gasteiger partial charge on any atom is 0.338 e. The molecule has 1 saturated heterocycles. The lowest BCUT2D eigenvalue weighted by molar-refractivity contribution is -0.122. The van der Waals surface area contributed by atoms with Crippen LogP contribution in [0.25, 0.3) is 0 Å². The smallest absolute Gasteiger partial charge is 0.338 e. The van der Waals surface area contributed by atoms with Crippen LogP contribution in [0.5, 0.6) is 5.75 Å². The predicted molar refractivity (Wildman–Crippen MR) is 141 cm³/mol. The molecule has 0 radical (unpaired) electrons. The summed E-state index contributed by atoms with van der Waals surface area (Å²) in [6.07, 6.45) is 2.20. The van der Waals surface area contributed by atoms with Gasteiger partial charge < -0.3 is 14.8 Å². The van der Waals surface area contributed by atoms with Gasteiger partial charge in [-0.3, -0.25) is 19.3 Å². The largest absolute Gasteiger partial charge is 0.497 e. The number of esters is 1. The van der Waals surface area contributed by atoms with Crippen molar-refractivity contribution in [3.8, 4) is 5.75 Å². The Morgan fingerprint density at radius 3 is 2.24 bits per heavy atom. The van der Waals surface area contributed by atoms with Crippen LogP contribution in [-0.2, 0) is 19.1 Å². The topological polar surface area (TPSA) is 102 Å². The number of rotatable bonds is 7. The SMILES string of the molecule is COc1ccc(NC(=O)COC(=O)c2ccc(N3C(=O)[C@H]4C[C@H](c5ccccc5)CC[C@H]4C3=O)cc2)cc1. The maximum absolute atomic E-state index is 13.3. The van der Waals surface area contributed by atoms with E-state index in [0.717, 1.165) is 6.42 Å². The Morgan fingerprint density at radius 2 is 1.55 bits per heavy atom. The van der Waals surface area contributed by atoms with Crippen LogP contribution in [0.1, 0.15) is 41.1 Å². The molecule has 1 heterocycles. The summed E-state index contributed by atoms with van der Waals surface area (Å²) in [5, 5.41) is 2.64. The van der Waals surface area contributed by atoms with Crippen molar-refractivity contribution in [3.63, 3.8) is 0 Å². The van der Waals surface area contributed by atoms with E-state index in [1.165, 1.54) is 22.6 Å². The molecule has 1 aliphatic carbocycles. The Labute approximate surface area is 220 Å². The summed E-state index contributed by atoms with van der Waals surface area (Å²) in [6.45, 7) is -0.457. The van der Waals surface area contributed by atoms with Crippen molar-refractivity contribution in [2.45, 2.75) is 25.2 Å².